The van der Waals surface area contributed by atoms with Crippen LogP contribution in [0.5, 0.6) is 0 Å². The highest BCUT2D eigenvalue weighted by molar-refractivity contribution is 5.69. The van der Waals surface area contributed by atoms with Crippen LogP contribution in [0.4, 0.5) is 5.82 Å². The molecule has 1 aromatic rings. The third-order valence-corrected chi connectivity index (χ3v) is 1.87. The quantitative estimate of drug-likeness (QED) is 0.758. The first kappa shape index (κ1) is 11.4. The van der Waals surface area contributed by atoms with Gasteiger partial charge in [-0.1, -0.05) is 20.8 Å². The number of carbonyl (C=O) groups is 1. The standard InChI is InChI=1S/C10H15N3O2/c1-10(2,3)6-4-7(11)13-8(12-6)5-9(14)15/h4H,5H2,1-3H3,(H,14,15)(H2,11,12,13). The Morgan fingerprint density at radius 1 is 1.47 bits per heavy atom. The van der Waals surface area contributed by atoms with E-state index in [0.717, 1.165) is 5.69 Å². The number of hydrogen-bond donors (Lipinski definition) is 2. The molecule has 0 spiro atoms. The second-order valence-electron chi connectivity index (χ2n) is 4.41. The number of carboxylic acid groups (broad SMARTS) is 1. The van der Waals surface area contributed by atoms with Gasteiger partial charge in [0.1, 0.15) is 18.1 Å². The van der Waals surface area contributed by atoms with Crippen molar-refractivity contribution in [3.05, 3.63) is 17.6 Å². The largest absolute Gasteiger partial charge is 0.481 e. The number of rotatable bonds is 2. The van der Waals surface area contributed by atoms with Crippen LogP contribution in [0.1, 0.15) is 32.3 Å². The monoisotopic (exact) mass is 209 g/mol. The minimum absolute atomic E-state index is 0.162. The molecule has 5 heteroatoms. The zero-order chi connectivity index (χ0) is 11.6. The summed E-state index contributed by atoms with van der Waals surface area (Å²) >= 11 is 0. The first-order valence-electron chi connectivity index (χ1n) is 4.65. The Balaban J connectivity index is 3.11. The highest BCUT2D eigenvalue weighted by atomic mass is 16.4. The Morgan fingerprint density at radius 3 is 2.53 bits per heavy atom. The van der Waals surface area contributed by atoms with Gasteiger partial charge in [0.15, 0.2) is 0 Å². The number of carboxylic acids is 1. The molecule has 0 unspecified atom stereocenters. The van der Waals surface area contributed by atoms with Crippen LogP contribution < -0.4 is 5.73 Å². The van der Waals surface area contributed by atoms with E-state index < -0.39 is 5.97 Å². The van der Waals surface area contributed by atoms with Crippen LogP contribution >= 0.6 is 0 Å². The number of anilines is 1. The molecule has 0 radical (unpaired) electrons. The fourth-order valence-electron chi connectivity index (χ4n) is 1.12. The molecule has 0 saturated heterocycles. The van der Waals surface area contributed by atoms with Crippen molar-refractivity contribution in [2.75, 3.05) is 5.73 Å². The smallest absolute Gasteiger partial charge is 0.311 e. The summed E-state index contributed by atoms with van der Waals surface area (Å²) in [5.74, 6) is -0.390. The van der Waals surface area contributed by atoms with Crippen LogP contribution in [-0.2, 0) is 16.6 Å². The van der Waals surface area contributed by atoms with E-state index in [4.69, 9.17) is 10.8 Å². The molecule has 1 heterocycles. The van der Waals surface area contributed by atoms with Crippen LogP contribution in [0.15, 0.2) is 6.07 Å². The maximum atomic E-state index is 10.5. The second-order valence-corrected chi connectivity index (χ2v) is 4.41. The Labute approximate surface area is 88.4 Å². The van der Waals surface area contributed by atoms with E-state index in [1.165, 1.54) is 0 Å². The number of nitrogen functional groups attached to an aromatic ring is 1. The molecule has 82 valence electrons. The first-order chi connectivity index (χ1) is 6.79. The Hall–Kier alpha value is -1.65. The van der Waals surface area contributed by atoms with Crippen molar-refractivity contribution in [3.63, 3.8) is 0 Å². The maximum absolute atomic E-state index is 10.5. The van der Waals surface area contributed by atoms with Crippen molar-refractivity contribution < 1.29 is 9.90 Å². The molecule has 0 aliphatic carbocycles. The highest BCUT2D eigenvalue weighted by Crippen LogP contribution is 2.21. The Kier molecular flexibility index (Phi) is 2.93. The average molecular weight is 209 g/mol. The average Bonchev–Trinajstić information content (AvgIpc) is 1.99. The summed E-state index contributed by atoms with van der Waals surface area (Å²) in [7, 11) is 0. The lowest BCUT2D eigenvalue weighted by molar-refractivity contribution is -0.136. The van der Waals surface area contributed by atoms with Gasteiger partial charge in [-0.2, -0.15) is 0 Å². The van der Waals surface area contributed by atoms with Gasteiger partial charge in [0, 0.05) is 11.5 Å². The summed E-state index contributed by atoms with van der Waals surface area (Å²) in [5, 5.41) is 8.63. The Morgan fingerprint density at radius 2 is 2.07 bits per heavy atom. The van der Waals surface area contributed by atoms with E-state index in [9.17, 15) is 4.79 Å². The van der Waals surface area contributed by atoms with Crippen LogP contribution in [-0.4, -0.2) is 21.0 Å². The molecule has 3 N–H and O–H groups in total. The van der Waals surface area contributed by atoms with Gasteiger partial charge in [-0.15, -0.1) is 0 Å². The topological polar surface area (TPSA) is 89.1 Å². The van der Waals surface area contributed by atoms with Gasteiger partial charge in [0.2, 0.25) is 0 Å². The molecule has 0 atom stereocenters. The maximum Gasteiger partial charge on any atom is 0.311 e. The van der Waals surface area contributed by atoms with Gasteiger partial charge in [-0.3, -0.25) is 4.79 Å². The van der Waals surface area contributed by atoms with Gasteiger partial charge < -0.3 is 10.8 Å². The van der Waals surface area contributed by atoms with Gasteiger partial charge in [-0.25, -0.2) is 9.97 Å². The number of hydrogen-bond acceptors (Lipinski definition) is 4. The van der Waals surface area contributed by atoms with Crippen LogP contribution in [0.25, 0.3) is 0 Å². The molecule has 0 amide bonds. The molecular weight excluding hydrogens is 194 g/mol. The molecular formula is C10H15N3O2. The third kappa shape index (κ3) is 3.19. The van der Waals surface area contributed by atoms with E-state index >= 15 is 0 Å². The molecule has 0 fully saturated rings. The number of nitrogens with two attached hydrogens (primary N) is 1. The predicted octanol–water partition coefficient (Wildman–Crippen LogP) is 0.983. The van der Waals surface area contributed by atoms with Crippen LogP contribution in [0, 0.1) is 0 Å². The molecule has 15 heavy (non-hydrogen) atoms. The predicted molar refractivity (Wildman–Crippen MR) is 56.5 cm³/mol. The van der Waals surface area contributed by atoms with Gasteiger partial charge in [0.05, 0.1) is 5.69 Å². The summed E-state index contributed by atoms with van der Waals surface area (Å²) in [5.41, 5.74) is 6.18. The molecule has 0 aliphatic heterocycles. The zero-order valence-electron chi connectivity index (χ0n) is 9.11. The van der Waals surface area contributed by atoms with Gasteiger partial charge in [-0.05, 0) is 0 Å². The fourth-order valence-corrected chi connectivity index (χ4v) is 1.12. The van der Waals surface area contributed by atoms with Crippen LogP contribution in [0.2, 0.25) is 0 Å². The highest BCUT2D eigenvalue weighted by Gasteiger charge is 2.18. The van der Waals surface area contributed by atoms with Crippen molar-refractivity contribution in [1.82, 2.24) is 9.97 Å². The summed E-state index contributed by atoms with van der Waals surface area (Å²) in [6.07, 6.45) is -0.200. The summed E-state index contributed by atoms with van der Waals surface area (Å²) in [6.45, 7) is 5.96. The van der Waals surface area contributed by atoms with Crippen molar-refractivity contribution in [2.45, 2.75) is 32.6 Å². The lowest BCUT2D eigenvalue weighted by Gasteiger charge is -2.18. The molecule has 0 saturated carbocycles. The molecule has 1 aromatic heterocycles. The van der Waals surface area contributed by atoms with E-state index in [1.807, 2.05) is 20.8 Å². The number of aliphatic carboxylic acids is 1. The van der Waals surface area contributed by atoms with E-state index in [1.54, 1.807) is 6.07 Å². The lowest BCUT2D eigenvalue weighted by atomic mass is 9.92. The summed E-state index contributed by atoms with van der Waals surface area (Å²) < 4.78 is 0. The normalized spacial score (nSPS) is 11.4. The molecule has 0 bridgehead atoms. The zero-order valence-corrected chi connectivity index (χ0v) is 9.11. The van der Waals surface area contributed by atoms with Gasteiger partial charge in [0.25, 0.3) is 0 Å². The molecule has 0 aromatic carbocycles. The lowest BCUT2D eigenvalue weighted by Crippen LogP contribution is -2.17. The second kappa shape index (κ2) is 3.84. The van der Waals surface area contributed by atoms with Crippen LogP contribution in [0.3, 0.4) is 0 Å². The SMILES string of the molecule is CC(C)(C)c1cc(N)nc(CC(=O)O)n1. The molecule has 5 nitrogen and oxygen atoms in total. The Bertz CT molecular complexity index is 383. The van der Waals surface area contributed by atoms with Gasteiger partial charge >= 0.3 is 5.97 Å². The van der Waals surface area contributed by atoms with E-state index in [2.05, 4.69) is 9.97 Å². The summed E-state index contributed by atoms with van der Waals surface area (Å²) in [4.78, 5) is 18.6. The molecule has 1 rings (SSSR count). The summed E-state index contributed by atoms with van der Waals surface area (Å²) in [6, 6.07) is 1.67. The third-order valence-electron chi connectivity index (χ3n) is 1.87. The number of nitrogens with zero attached hydrogens (tertiary/aromatic N) is 2. The minimum Gasteiger partial charge on any atom is -0.481 e. The van der Waals surface area contributed by atoms with Crippen molar-refractivity contribution in [2.24, 2.45) is 0 Å². The molecule has 0 aliphatic rings. The van der Waals surface area contributed by atoms with Crippen molar-refractivity contribution in [1.29, 1.82) is 0 Å². The van der Waals surface area contributed by atoms with Crippen molar-refractivity contribution in [3.8, 4) is 0 Å². The first-order valence-corrected chi connectivity index (χ1v) is 4.65. The van der Waals surface area contributed by atoms with Crippen molar-refractivity contribution >= 4 is 11.8 Å². The number of aromatic nitrogens is 2. The minimum atomic E-state index is -0.958. The van der Waals surface area contributed by atoms with E-state index in [0.29, 0.717) is 5.82 Å². The van der Waals surface area contributed by atoms with E-state index in [-0.39, 0.29) is 17.7 Å². The fraction of sp³-hybridized carbons (Fsp3) is 0.500.